The first-order valence-corrected chi connectivity index (χ1v) is 13.0. The van der Waals surface area contributed by atoms with Gasteiger partial charge in [0.05, 0.1) is 6.04 Å². The lowest BCUT2D eigenvalue weighted by molar-refractivity contribution is -0.142. The highest BCUT2D eigenvalue weighted by Gasteiger charge is 2.32. The number of rotatable bonds is 15. The van der Waals surface area contributed by atoms with Crippen LogP contribution in [0, 0.1) is 11.8 Å². The molecule has 0 radical (unpaired) electrons. The quantitative estimate of drug-likeness (QED) is 0.172. The number of carbonyl (C=O) groups excluding carboxylic acids is 3. The molecule has 4 unspecified atom stereocenters. The van der Waals surface area contributed by atoms with Crippen LogP contribution in [0.15, 0.2) is 30.5 Å². The normalized spacial score (nSPS) is 14.4. The molecule has 0 aliphatic rings. The van der Waals surface area contributed by atoms with Gasteiger partial charge in [0.25, 0.3) is 0 Å². The number of carbonyl (C=O) groups is 5. The summed E-state index contributed by atoms with van der Waals surface area (Å²) >= 11 is 0. The van der Waals surface area contributed by atoms with Crippen molar-refractivity contribution in [3.63, 3.8) is 0 Å². The topological polar surface area (TPSA) is 204 Å². The van der Waals surface area contributed by atoms with Gasteiger partial charge >= 0.3 is 11.9 Å². The Bertz CT molecular complexity index is 1180. The highest BCUT2D eigenvalue weighted by molar-refractivity contribution is 5.94. The van der Waals surface area contributed by atoms with Crippen molar-refractivity contribution in [3.05, 3.63) is 36.0 Å². The molecule has 0 spiro atoms. The van der Waals surface area contributed by atoms with Gasteiger partial charge in [0.1, 0.15) is 18.1 Å². The van der Waals surface area contributed by atoms with Crippen LogP contribution in [0.25, 0.3) is 10.9 Å². The van der Waals surface area contributed by atoms with E-state index in [-0.39, 0.29) is 37.5 Å². The second-order valence-corrected chi connectivity index (χ2v) is 10.4. The largest absolute Gasteiger partial charge is 0.481 e. The minimum absolute atomic E-state index is 0.0190. The Hall–Kier alpha value is -3.93. The van der Waals surface area contributed by atoms with Crippen LogP contribution in [0.2, 0.25) is 0 Å². The third-order valence-corrected chi connectivity index (χ3v) is 6.31. The predicted octanol–water partition coefficient (Wildman–Crippen LogP) is 1.14. The van der Waals surface area contributed by atoms with Gasteiger partial charge < -0.3 is 36.9 Å². The fraction of sp³-hybridized carbons (Fsp3) is 0.519. The van der Waals surface area contributed by atoms with Gasteiger partial charge in [0.15, 0.2) is 0 Å². The number of nitrogens with one attached hydrogen (secondary N) is 4. The molecule has 4 atom stereocenters. The van der Waals surface area contributed by atoms with E-state index in [9.17, 15) is 29.1 Å². The molecule has 0 aliphatic heterocycles. The number of para-hydroxylation sites is 1. The molecule has 2 aromatic rings. The zero-order chi connectivity index (χ0) is 29.3. The average Bonchev–Trinajstić information content (AvgIpc) is 3.26. The Labute approximate surface area is 227 Å². The molecule has 0 bridgehead atoms. The van der Waals surface area contributed by atoms with Crippen LogP contribution in [0.1, 0.15) is 52.5 Å². The van der Waals surface area contributed by atoms with Gasteiger partial charge in [-0.1, -0.05) is 45.9 Å². The summed E-state index contributed by atoms with van der Waals surface area (Å²) < 4.78 is 0. The summed E-state index contributed by atoms with van der Waals surface area (Å²) in [5, 5.41) is 27.2. The number of H-pyrrole nitrogens is 1. The van der Waals surface area contributed by atoms with Crippen LogP contribution >= 0.6 is 0 Å². The van der Waals surface area contributed by atoms with Crippen LogP contribution in [-0.4, -0.2) is 69.0 Å². The molecule has 0 saturated carbocycles. The zero-order valence-corrected chi connectivity index (χ0v) is 22.7. The highest BCUT2D eigenvalue weighted by atomic mass is 16.4. The molecule has 0 aliphatic carbocycles. The van der Waals surface area contributed by atoms with Crippen molar-refractivity contribution >= 4 is 40.6 Å². The average molecular weight is 546 g/mol. The van der Waals surface area contributed by atoms with E-state index in [1.807, 2.05) is 38.1 Å². The number of hydrogen-bond acceptors (Lipinski definition) is 6. The van der Waals surface area contributed by atoms with E-state index in [0.29, 0.717) is 0 Å². The Balaban J connectivity index is 2.14. The summed E-state index contributed by atoms with van der Waals surface area (Å²) in [6.07, 6.45) is 1.57. The molecule has 214 valence electrons. The maximum atomic E-state index is 13.2. The van der Waals surface area contributed by atoms with Crippen molar-refractivity contribution in [3.8, 4) is 0 Å². The predicted molar refractivity (Wildman–Crippen MR) is 145 cm³/mol. The fourth-order valence-electron chi connectivity index (χ4n) is 4.16. The molecular weight excluding hydrogens is 506 g/mol. The van der Waals surface area contributed by atoms with E-state index in [1.54, 1.807) is 20.0 Å². The Morgan fingerprint density at radius 2 is 1.54 bits per heavy atom. The minimum Gasteiger partial charge on any atom is -0.481 e. The fourth-order valence-corrected chi connectivity index (χ4v) is 4.16. The number of amides is 3. The van der Waals surface area contributed by atoms with E-state index >= 15 is 0 Å². The molecule has 1 heterocycles. The molecule has 39 heavy (non-hydrogen) atoms. The summed E-state index contributed by atoms with van der Waals surface area (Å²) in [6, 6.07) is 2.96. The lowest BCUT2D eigenvalue weighted by Gasteiger charge is -2.27. The number of hydrogen-bond donors (Lipinski definition) is 7. The van der Waals surface area contributed by atoms with E-state index < -0.39 is 53.8 Å². The number of carboxylic acids is 2. The molecule has 0 fully saturated rings. The second-order valence-electron chi connectivity index (χ2n) is 10.4. The van der Waals surface area contributed by atoms with Gasteiger partial charge in [-0.15, -0.1) is 0 Å². The number of nitrogens with two attached hydrogens (primary N) is 1. The number of carboxylic acid groups (broad SMARTS) is 2. The van der Waals surface area contributed by atoms with E-state index in [0.717, 1.165) is 16.5 Å². The number of aromatic nitrogens is 1. The number of aliphatic carboxylic acids is 2. The highest BCUT2D eigenvalue weighted by Crippen LogP contribution is 2.19. The molecule has 2 rings (SSSR count). The standard InChI is InChI=1S/C27H39N5O7/c1-14(2)11-20(30-26(37)23(15(3)4)32-24(35)18(28)9-10-22(33)34)25(36)31-21(27(38)39)12-16-13-29-19-8-6-5-7-17(16)19/h5-8,13-15,18,20-21,23,29H,9-12,28H2,1-4H3,(H,30,37)(H,31,36)(H,32,35)(H,33,34)(H,38,39). The van der Waals surface area contributed by atoms with Crippen LogP contribution in [0.5, 0.6) is 0 Å². The first kappa shape index (κ1) is 31.3. The van der Waals surface area contributed by atoms with Crippen LogP contribution < -0.4 is 21.7 Å². The minimum atomic E-state index is -1.24. The van der Waals surface area contributed by atoms with E-state index in [1.165, 1.54) is 0 Å². The first-order valence-electron chi connectivity index (χ1n) is 13.0. The molecule has 1 aromatic carbocycles. The summed E-state index contributed by atoms with van der Waals surface area (Å²) in [5.41, 5.74) is 7.34. The smallest absolute Gasteiger partial charge is 0.326 e. The molecule has 12 nitrogen and oxygen atoms in total. The molecule has 8 N–H and O–H groups in total. The summed E-state index contributed by atoms with van der Waals surface area (Å²) in [4.78, 5) is 64.8. The summed E-state index contributed by atoms with van der Waals surface area (Å²) in [7, 11) is 0. The van der Waals surface area contributed by atoms with Crippen molar-refractivity contribution < 1.29 is 34.2 Å². The third-order valence-electron chi connectivity index (χ3n) is 6.31. The van der Waals surface area contributed by atoms with Crippen molar-refractivity contribution in [1.82, 2.24) is 20.9 Å². The van der Waals surface area contributed by atoms with Gasteiger partial charge in [-0.3, -0.25) is 19.2 Å². The monoisotopic (exact) mass is 545 g/mol. The van der Waals surface area contributed by atoms with Gasteiger partial charge in [-0.05, 0) is 36.3 Å². The molecule has 1 aromatic heterocycles. The summed E-state index contributed by atoms with van der Waals surface area (Å²) in [5.74, 6) is -4.68. The van der Waals surface area contributed by atoms with Crippen molar-refractivity contribution in [2.45, 2.75) is 77.5 Å². The lowest BCUT2D eigenvalue weighted by Crippen LogP contribution is -2.58. The van der Waals surface area contributed by atoms with Crippen molar-refractivity contribution in [1.29, 1.82) is 0 Å². The SMILES string of the molecule is CC(C)CC(NC(=O)C(NC(=O)C(N)CCC(=O)O)C(C)C)C(=O)NC(Cc1c[nH]c2ccccc12)C(=O)O. The Kier molecular flexibility index (Phi) is 11.5. The maximum absolute atomic E-state index is 13.2. The summed E-state index contributed by atoms with van der Waals surface area (Å²) in [6.45, 7) is 7.12. The Morgan fingerprint density at radius 3 is 2.13 bits per heavy atom. The van der Waals surface area contributed by atoms with Crippen molar-refractivity contribution in [2.24, 2.45) is 17.6 Å². The van der Waals surface area contributed by atoms with Gasteiger partial charge in [-0.25, -0.2) is 4.79 Å². The van der Waals surface area contributed by atoms with Gasteiger partial charge in [0.2, 0.25) is 17.7 Å². The molecule has 0 saturated heterocycles. The van der Waals surface area contributed by atoms with Gasteiger partial charge in [0, 0.05) is 29.9 Å². The van der Waals surface area contributed by atoms with Crippen LogP contribution in [0.4, 0.5) is 0 Å². The lowest BCUT2D eigenvalue weighted by atomic mass is 9.98. The van der Waals surface area contributed by atoms with Gasteiger partial charge in [-0.2, -0.15) is 0 Å². The van der Waals surface area contributed by atoms with Crippen LogP contribution in [-0.2, 0) is 30.4 Å². The third kappa shape index (κ3) is 9.40. The number of aromatic amines is 1. The first-order chi connectivity index (χ1) is 18.3. The van der Waals surface area contributed by atoms with E-state index in [2.05, 4.69) is 20.9 Å². The maximum Gasteiger partial charge on any atom is 0.326 e. The zero-order valence-electron chi connectivity index (χ0n) is 22.7. The number of fused-ring (bicyclic) bond motifs is 1. The molecular formula is C27H39N5O7. The van der Waals surface area contributed by atoms with Crippen LogP contribution in [0.3, 0.4) is 0 Å². The molecule has 3 amide bonds. The van der Waals surface area contributed by atoms with E-state index in [4.69, 9.17) is 10.8 Å². The second kappa shape index (κ2) is 14.3. The van der Waals surface area contributed by atoms with Crippen molar-refractivity contribution in [2.75, 3.05) is 0 Å². The Morgan fingerprint density at radius 1 is 0.897 bits per heavy atom. The molecule has 12 heteroatoms. The number of benzene rings is 1.